The molecule has 1 saturated heterocycles. The first-order chi connectivity index (χ1) is 15.9. The van der Waals surface area contributed by atoms with Gasteiger partial charge in [0, 0.05) is 30.7 Å². The lowest BCUT2D eigenvalue weighted by Gasteiger charge is -2.31. The van der Waals surface area contributed by atoms with E-state index in [0.717, 1.165) is 24.8 Å². The average molecular weight is 477 g/mol. The highest BCUT2D eigenvalue weighted by atomic mass is 32.2. The number of hydrogen-bond acceptors (Lipinski definition) is 4. The largest absolute Gasteiger partial charge is 0.368 e. The number of nitrogens with zero attached hydrogens (tertiary/aromatic N) is 1. The number of carbonyl (C=O) groups is 1. The number of hydrogen-bond donors (Lipinski definition) is 1. The van der Waals surface area contributed by atoms with Gasteiger partial charge in [-0.15, -0.1) is 0 Å². The summed E-state index contributed by atoms with van der Waals surface area (Å²) in [7, 11) is 1.54. The fourth-order valence-electron chi connectivity index (χ4n) is 5.28. The zero-order chi connectivity index (χ0) is 23.2. The van der Waals surface area contributed by atoms with Crippen molar-refractivity contribution in [2.24, 2.45) is 5.41 Å². The topological polar surface area (TPSA) is 41.6 Å². The first-order valence-electron chi connectivity index (χ1n) is 11.3. The van der Waals surface area contributed by atoms with Gasteiger partial charge in [-0.2, -0.15) is 0 Å². The van der Waals surface area contributed by atoms with Gasteiger partial charge in [0.2, 0.25) is 0 Å². The predicted molar refractivity (Wildman–Crippen MR) is 122 cm³/mol. The summed E-state index contributed by atoms with van der Waals surface area (Å²) in [6, 6.07) is 10.0. The minimum Gasteiger partial charge on any atom is -0.368 e. The minimum atomic E-state index is -0.813. The van der Waals surface area contributed by atoms with E-state index < -0.39 is 29.3 Å². The van der Waals surface area contributed by atoms with Crippen LogP contribution in [0.1, 0.15) is 31.2 Å². The van der Waals surface area contributed by atoms with E-state index in [9.17, 15) is 13.6 Å². The molecule has 3 aliphatic rings. The van der Waals surface area contributed by atoms with Gasteiger partial charge in [0.05, 0.1) is 6.04 Å². The Morgan fingerprint density at radius 2 is 1.91 bits per heavy atom. The smallest absolute Gasteiger partial charge is 0.255 e. The van der Waals surface area contributed by atoms with E-state index in [4.69, 9.17) is 4.74 Å². The van der Waals surface area contributed by atoms with Gasteiger partial charge in [0.1, 0.15) is 23.2 Å². The van der Waals surface area contributed by atoms with Crippen LogP contribution >= 0.6 is 11.9 Å². The third-order valence-electron chi connectivity index (χ3n) is 7.46. The number of rotatable bonds is 8. The molecule has 5 rings (SSSR count). The summed E-state index contributed by atoms with van der Waals surface area (Å²) in [5.74, 6) is -1.12. The van der Waals surface area contributed by atoms with Crippen molar-refractivity contribution < 1.29 is 22.7 Å². The van der Waals surface area contributed by atoms with Crippen molar-refractivity contribution in [1.82, 2.24) is 9.62 Å². The second-order valence-electron chi connectivity index (χ2n) is 9.41. The summed E-state index contributed by atoms with van der Waals surface area (Å²) >= 11 is 0.958. The van der Waals surface area contributed by atoms with Gasteiger partial charge >= 0.3 is 0 Å². The number of halogens is 3. The molecule has 0 aromatic heterocycles. The molecule has 1 spiro atoms. The van der Waals surface area contributed by atoms with Crippen LogP contribution in [0.2, 0.25) is 0 Å². The third kappa shape index (κ3) is 4.06. The summed E-state index contributed by atoms with van der Waals surface area (Å²) < 4.78 is 52.0. The van der Waals surface area contributed by atoms with Crippen LogP contribution in [0.25, 0.3) is 11.1 Å². The Balaban J connectivity index is 1.51. The summed E-state index contributed by atoms with van der Waals surface area (Å²) in [4.78, 5) is 15.2. The number of nitrogens with one attached hydrogen (secondary N) is 1. The third-order valence-corrected chi connectivity index (χ3v) is 7.99. The molecule has 33 heavy (non-hydrogen) atoms. The fourth-order valence-corrected chi connectivity index (χ4v) is 5.93. The number of likely N-dealkylation sites (tertiary alicyclic amines) is 1. The highest BCUT2D eigenvalue weighted by Gasteiger charge is 2.64. The maximum absolute atomic E-state index is 15.6. The van der Waals surface area contributed by atoms with Gasteiger partial charge in [-0.25, -0.2) is 13.2 Å². The van der Waals surface area contributed by atoms with E-state index in [1.165, 1.54) is 19.2 Å². The zero-order valence-corrected chi connectivity index (χ0v) is 19.3. The lowest BCUT2D eigenvalue weighted by molar-refractivity contribution is -0.145. The quantitative estimate of drug-likeness (QED) is 0.552. The molecule has 8 heteroatoms. The predicted octanol–water partition coefficient (Wildman–Crippen LogP) is 4.88. The molecule has 2 saturated carbocycles. The van der Waals surface area contributed by atoms with Crippen molar-refractivity contribution in [2.75, 3.05) is 19.7 Å². The Morgan fingerprint density at radius 3 is 2.52 bits per heavy atom. The Kier molecular flexibility index (Phi) is 5.95. The van der Waals surface area contributed by atoms with Crippen LogP contribution < -0.4 is 4.72 Å². The molecule has 3 fully saturated rings. The first-order valence-corrected chi connectivity index (χ1v) is 12.2. The van der Waals surface area contributed by atoms with Gasteiger partial charge in [0.15, 0.2) is 0 Å². The molecule has 1 N–H and O–H groups in total. The molecule has 2 aliphatic carbocycles. The highest BCUT2D eigenvalue weighted by molar-refractivity contribution is 7.97. The number of ether oxygens (including phenoxy) is 1. The van der Waals surface area contributed by atoms with Gasteiger partial charge in [-0.3, -0.25) is 9.52 Å². The number of amides is 1. The van der Waals surface area contributed by atoms with Crippen LogP contribution in [0.5, 0.6) is 0 Å². The number of benzene rings is 2. The maximum Gasteiger partial charge on any atom is 0.255 e. The summed E-state index contributed by atoms with van der Waals surface area (Å²) in [5, 5.41) is 0. The molecule has 176 valence electrons. The molecule has 4 nitrogen and oxygen atoms in total. The van der Waals surface area contributed by atoms with E-state index in [1.54, 1.807) is 29.2 Å². The minimum absolute atomic E-state index is 0.101. The molecule has 0 bridgehead atoms. The van der Waals surface area contributed by atoms with E-state index in [-0.39, 0.29) is 34.9 Å². The lowest BCUT2D eigenvalue weighted by atomic mass is 9.91. The molecular weight excluding hydrogens is 449 g/mol. The van der Waals surface area contributed by atoms with Crippen molar-refractivity contribution in [2.45, 2.75) is 49.8 Å². The molecule has 0 radical (unpaired) electrons. The lowest BCUT2D eigenvalue weighted by Crippen LogP contribution is -2.49. The maximum atomic E-state index is 15.6. The molecule has 2 aromatic carbocycles. The van der Waals surface area contributed by atoms with Crippen LogP contribution in [0, 0.1) is 17.0 Å². The van der Waals surface area contributed by atoms with Gasteiger partial charge in [-0.05, 0) is 67.3 Å². The van der Waals surface area contributed by atoms with Crippen LogP contribution in [0.4, 0.5) is 13.2 Å². The Morgan fingerprint density at radius 1 is 1.18 bits per heavy atom. The normalized spacial score (nSPS) is 24.3. The molecule has 2 unspecified atom stereocenters. The number of alkyl halides is 1. The molecular formula is C25H27F3N2O2S. The molecule has 2 aromatic rings. The van der Waals surface area contributed by atoms with Crippen LogP contribution in [-0.2, 0) is 16.0 Å². The van der Waals surface area contributed by atoms with Crippen molar-refractivity contribution in [1.29, 1.82) is 0 Å². The number of methoxy groups -OCH3 is 1. The van der Waals surface area contributed by atoms with Crippen LogP contribution in [0.15, 0.2) is 42.5 Å². The van der Waals surface area contributed by atoms with Gasteiger partial charge in [0.25, 0.3) is 5.91 Å². The molecule has 1 heterocycles. The Hall–Kier alpha value is -2.03. The second kappa shape index (κ2) is 8.64. The van der Waals surface area contributed by atoms with Crippen molar-refractivity contribution in [3.8, 4) is 11.1 Å². The van der Waals surface area contributed by atoms with Gasteiger partial charge < -0.3 is 9.64 Å². The second-order valence-corrected chi connectivity index (χ2v) is 10.1. The van der Waals surface area contributed by atoms with Crippen LogP contribution in [-0.4, -0.2) is 48.2 Å². The highest BCUT2D eigenvalue weighted by Crippen LogP contribution is 2.57. The summed E-state index contributed by atoms with van der Waals surface area (Å²) in [6.45, 7) is 0.522. The standard InChI is InChI=1S/C25H27F3N2O2S/c1-32-25(9-10-25)23(31)30-14-24(7-8-24)22(29-33-15-26)20(30)12-17-11-18(27)13-19(21(17)28)16-5-3-2-4-6-16/h2-6,11,13,20,22,29H,7-10,12,14-15H2,1H3. The van der Waals surface area contributed by atoms with E-state index >= 15 is 4.39 Å². The van der Waals surface area contributed by atoms with E-state index in [1.807, 2.05) is 6.07 Å². The monoisotopic (exact) mass is 476 g/mol. The fraction of sp³-hybridized carbons (Fsp3) is 0.480. The molecule has 1 amide bonds. The summed E-state index contributed by atoms with van der Waals surface area (Å²) in [6.07, 6.45) is 3.28. The molecule has 1 aliphatic heterocycles. The Labute approximate surface area is 196 Å². The van der Waals surface area contributed by atoms with Crippen LogP contribution in [0.3, 0.4) is 0 Å². The van der Waals surface area contributed by atoms with Gasteiger partial charge in [-0.1, -0.05) is 30.3 Å². The first kappa shape index (κ1) is 22.7. The number of carbonyl (C=O) groups excluding carboxylic acids is 1. The van der Waals surface area contributed by atoms with E-state index in [0.29, 0.717) is 24.9 Å². The zero-order valence-electron chi connectivity index (χ0n) is 18.5. The van der Waals surface area contributed by atoms with Crippen molar-refractivity contribution in [3.63, 3.8) is 0 Å². The van der Waals surface area contributed by atoms with E-state index in [2.05, 4.69) is 4.72 Å². The summed E-state index contributed by atoms with van der Waals surface area (Å²) in [5.41, 5.74) is 0.0343. The SMILES string of the molecule is COC1(C(=O)N2CC3(CC3)C(NSCF)C2Cc2cc(F)cc(-c3ccccc3)c2F)CC1. The van der Waals surface area contributed by atoms with Crippen molar-refractivity contribution >= 4 is 17.9 Å². The molecule has 2 atom stereocenters. The average Bonchev–Trinajstić information content (AvgIpc) is 3.74. The van der Waals surface area contributed by atoms with Crippen molar-refractivity contribution in [3.05, 3.63) is 59.7 Å². The Bertz CT molecular complexity index is 1040.